The molecule has 0 spiro atoms. The molecule has 0 bridgehead atoms. The first kappa shape index (κ1) is 20.4. The summed E-state index contributed by atoms with van der Waals surface area (Å²) in [6.45, 7) is 1.88. The summed E-state index contributed by atoms with van der Waals surface area (Å²) in [6.07, 6.45) is 2.85. The average molecular weight is 429 g/mol. The number of hydrogen-bond donors (Lipinski definition) is 1. The smallest absolute Gasteiger partial charge is 0.256 e. The Morgan fingerprint density at radius 2 is 2.04 bits per heavy atom. The predicted molar refractivity (Wildman–Crippen MR) is 106 cm³/mol. The van der Waals surface area contributed by atoms with E-state index in [1.807, 2.05) is 4.90 Å². The number of aromatic nitrogens is 3. The van der Waals surface area contributed by atoms with Crippen LogP contribution in [0.5, 0.6) is 0 Å². The van der Waals surface area contributed by atoms with Crippen LogP contribution in [-0.2, 0) is 21.3 Å². The molecule has 0 saturated carbocycles. The Kier molecular flexibility index (Phi) is 6.10. The van der Waals surface area contributed by atoms with Crippen molar-refractivity contribution in [3.05, 3.63) is 35.9 Å². The summed E-state index contributed by atoms with van der Waals surface area (Å²) in [5, 5.41) is 11.1. The van der Waals surface area contributed by atoms with Gasteiger partial charge in [-0.15, -0.1) is 5.10 Å². The summed E-state index contributed by atoms with van der Waals surface area (Å²) in [5.74, 6) is -0.402. The summed E-state index contributed by atoms with van der Waals surface area (Å²) < 4.78 is 45.6. The summed E-state index contributed by atoms with van der Waals surface area (Å²) in [5.41, 5.74) is 1.59. The summed E-state index contributed by atoms with van der Waals surface area (Å²) in [4.78, 5) is 1.84. The molecule has 152 valence electrons. The molecule has 0 radical (unpaired) electrons. The SMILES string of the molecule is COC(=S)NCc1cn(-c2ccc(N3CCN(S(C)(=O)=O)CC3)c(F)c2)nn1. The maximum absolute atomic E-state index is 14.7. The molecule has 1 aromatic carbocycles. The quantitative estimate of drug-likeness (QED) is 0.689. The Labute approximate surface area is 168 Å². The zero-order chi connectivity index (χ0) is 20.3. The number of benzene rings is 1. The third-order valence-corrected chi connectivity index (χ3v) is 6.00. The molecular formula is C16H21FN6O3S2. The van der Waals surface area contributed by atoms with E-state index in [4.69, 9.17) is 17.0 Å². The van der Waals surface area contributed by atoms with Crippen molar-refractivity contribution < 1.29 is 17.5 Å². The molecule has 28 heavy (non-hydrogen) atoms. The molecule has 0 amide bonds. The first-order valence-electron chi connectivity index (χ1n) is 8.51. The molecule has 1 aromatic heterocycles. The zero-order valence-corrected chi connectivity index (χ0v) is 17.1. The van der Waals surface area contributed by atoms with Crippen LogP contribution in [0.2, 0.25) is 0 Å². The van der Waals surface area contributed by atoms with E-state index in [1.54, 1.807) is 18.3 Å². The van der Waals surface area contributed by atoms with Crippen LogP contribution in [0, 0.1) is 5.82 Å². The standard InChI is InChI=1S/C16H21FN6O3S2/c1-26-16(27)18-10-12-11-23(20-19-12)13-3-4-15(14(17)9-13)21-5-7-22(8-6-21)28(2,24)25/h3-4,9,11H,5-8,10H2,1-2H3,(H,18,27). The molecule has 12 heteroatoms. The number of anilines is 1. The van der Waals surface area contributed by atoms with Crippen LogP contribution in [0.3, 0.4) is 0 Å². The Morgan fingerprint density at radius 1 is 1.32 bits per heavy atom. The Balaban J connectivity index is 1.68. The van der Waals surface area contributed by atoms with E-state index >= 15 is 0 Å². The highest BCUT2D eigenvalue weighted by atomic mass is 32.2. The van der Waals surface area contributed by atoms with E-state index in [0.29, 0.717) is 49.8 Å². The highest BCUT2D eigenvalue weighted by Crippen LogP contribution is 2.24. The summed E-state index contributed by atoms with van der Waals surface area (Å²) >= 11 is 4.90. The van der Waals surface area contributed by atoms with Gasteiger partial charge in [-0.1, -0.05) is 5.21 Å². The molecule has 1 aliphatic rings. The van der Waals surface area contributed by atoms with E-state index < -0.39 is 15.8 Å². The van der Waals surface area contributed by atoms with E-state index in [2.05, 4.69) is 15.6 Å². The van der Waals surface area contributed by atoms with Crippen molar-refractivity contribution in [2.75, 3.05) is 44.4 Å². The van der Waals surface area contributed by atoms with Crippen molar-refractivity contribution in [1.29, 1.82) is 0 Å². The minimum atomic E-state index is -3.22. The van der Waals surface area contributed by atoms with Gasteiger partial charge in [0.2, 0.25) is 10.0 Å². The molecule has 0 aliphatic carbocycles. The van der Waals surface area contributed by atoms with Crippen LogP contribution >= 0.6 is 12.2 Å². The number of nitrogens with zero attached hydrogens (tertiary/aromatic N) is 5. The van der Waals surface area contributed by atoms with Gasteiger partial charge < -0.3 is 15.0 Å². The zero-order valence-electron chi connectivity index (χ0n) is 15.5. The second kappa shape index (κ2) is 8.37. The number of thiocarbonyl (C=S) groups is 1. The number of piperazine rings is 1. The monoisotopic (exact) mass is 428 g/mol. The fourth-order valence-electron chi connectivity index (χ4n) is 2.90. The van der Waals surface area contributed by atoms with Gasteiger partial charge in [0.15, 0.2) is 0 Å². The average Bonchev–Trinajstić information content (AvgIpc) is 3.14. The van der Waals surface area contributed by atoms with Crippen LogP contribution in [-0.4, -0.2) is 72.4 Å². The number of hydrogen-bond acceptors (Lipinski definition) is 7. The van der Waals surface area contributed by atoms with Crippen molar-refractivity contribution in [1.82, 2.24) is 24.6 Å². The van der Waals surface area contributed by atoms with Gasteiger partial charge in [0.05, 0.1) is 37.5 Å². The predicted octanol–water partition coefficient (Wildman–Crippen LogP) is 0.509. The summed E-state index contributed by atoms with van der Waals surface area (Å²) in [7, 11) is -1.75. The molecule has 0 atom stereocenters. The molecular weight excluding hydrogens is 407 g/mol. The third-order valence-electron chi connectivity index (χ3n) is 4.38. The van der Waals surface area contributed by atoms with E-state index in [9.17, 15) is 12.8 Å². The van der Waals surface area contributed by atoms with Gasteiger partial charge in [0.1, 0.15) is 11.5 Å². The maximum Gasteiger partial charge on any atom is 0.256 e. The van der Waals surface area contributed by atoms with Crippen molar-refractivity contribution in [2.24, 2.45) is 0 Å². The molecule has 1 saturated heterocycles. The second-order valence-electron chi connectivity index (χ2n) is 6.28. The first-order valence-corrected chi connectivity index (χ1v) is 10.8. The molecule has 1 aliphatic heterocycles. The Morgan fingerprint density at radius 3 is 2.64 bits per heavy atom. The van der Waals surface area contributed by atoms with Crippen LogP contribution in [0.25, 0.3) is 5.69 Å². The van der Waals surface area contributed by atoms with Crippen LogP contribution < -0.4 is 10.2 Å². The number of nitrogens with one attached hydrogen (secondary N) is 1. The molecule has 1 fully saturated rings. The lowest BCUT2D eigenvalue weighted by Crippen LogP contribution is -2.48. The van der Waals surface area contributed by atoms with Crippen molar-refractivity contribution >= 4 is 33.1 Å². The number of ether oxygens (including phenoxy) is 1. The second-order valence-corrected chi connectivity index (χ2v) is 8.64. The molecule has 9 nitrogen and oxygen atoms in total. The fraction of sp³-hybridized carbons (Fsp3) is 0.438. The number of methoxy groups -OCH3 is 1. The lowest BCUT2D eigenvalue weighted by Gasteiger charge is -2.34. The molecule has 2 aromatic rings. The van der Waals surface area contributed by atoms with Gasteiger partial charge in [-0.2, -0.15) is 4.31 Å². The van der Waals surface area contributed by atoms with Gasteiger partial charge in [-0.25, -0.2) is 17.5 Å². The van der Waals surface area contributed by atoms with Gasteiger partial charge in [0, 0.05) is 32.2 Å². The minimum absolute atomic E-state index is 0.251. The van der Waals surface area contributed by atoms with Crippen molar-refractivity contribution in [2.45, 2.75) is 6.54 Å². The lowest BCUT2D eigenvalue weighted by molar-refractivity contribution is 0.386. The van der Waals surface area contributed by atoms with Gasteiger partial charge in [-0.05, 0) is 24.4 Å². The topological polar surface area (TPSA) is 92.6 Å². The number of halogens is 1. The number of sulfonamides is 1. The van der Waals surface area contributed by atoms with Crippen molar-refractivity contribution in [3.63, 3.8) is 0 Å². The maximum atomic E-state index is 14.7. The van der Waals surface area contributed by atoms with Crippen LogP contribution in [0.15, 0.2) is 24.4 Å². The normalized spacial score (nSPS) is 15.5. The molecule has 1 N–H and O–H groups in total. The lowest BCUT2D eigenvalue weighted by atomic mass is 10.2. The first-order chi connectivity index (χ1) is 13.3. The molecule has 3 rings (SSSR count). The Bertz CT molecular complexity index is 957. The van der Waals surface area contributed by atoms with Crippen molar-refractivity contribution in [3.8, 4) is 5.69 Å². The highest BCUT2D eigenvalue weighted by Gasteiger charge is 2.25. The molecule has 2 heterocycles. The third kappa shape index (κ3) is 4.75. The summed E-state index contributed by atoms with van der Waals surface area (Å²) in [6, 6.07) is 4.79. The van der Waals surface area contributed by atoms with E-state index in [-0.39, 0.29) is 5.17 Å². The Hall–Kier alpha value is -2.31. The van der Waals surface area contributed by atoms with E-state index in [0.717, 1.165) is 0 Å². The highest BCUT2D eigenvalue weighted by molar-refractivity contribution is 7.88. The number of rotatable bonds is 5. The van der Waals surface area contributed by atoms with Crippen LogP contribution in [0.4, 0.5) is 10.1 Å². The fourth-order valence-corrected chi connectivity index (χ4v) is 3.79. The van der Waals surface area contributed by atoms with Gasteiger partial charge >= 0.3 is 0 Å². The van der Waals surface area contributed by atoms with Crippen LogP contribution in [0.1, 0.15) is 5.69 Å². The van der Waals surface area contributed by atoms with Gasteiger partial charge in [-0.3, -0.25) is 0 Å². The van der Waals surface area contributed by atoms with E-state index in [1.165, 1.54) is 28.4 Å². The largest absolute Gasteiger partial charge is 0.474 e. The molecule has 0 unspecified atom stereocenters. The van der Waals surface area contributed by atoms with Gasteiger partial charge in [0.25, 0.3) is 5.17 Å². The minimum Gasteiger partial charge on any atom is -0.474 e.